The molecule has 8 heteroatoms. The van der Waals surface area contributed by atoms with Crippen LogP contribution in [0.25, 0.3) is 22.2 Å². The van der Waals surface area contributed by atoms with Crippen LogP contribution in [0.4, 0.5) is 0 Å². The van der Waals surface area contributed by atoms with E-state index in [2.05, 4.69) is 15.5 Å². The molecule has 0 aliphatic carbocycles. The number of nitrogens with one attached hydrogen (secondary N) is 1. The number of hydrogen-bond donors (Lipinski definition) is 1. The van der Waals surface area contributed by atoms with Gasteiger partial charge in [0.1, 0.15) is 5.75 Å². The first-order valence-electron chi connectivity index (χ1n) is 9.17. The van der Waals surface area contributed by atoms with Crippen molar-refractivity contribution in [2.24, 2.45) is 0 Å². The Morgan fingerprint density at radius 3 is 2.77 bits per heavy atom. The number of carbonyl (C=O) groups is 1. The lowest BCUT2D eigenvalue weighted by molar-refractivity contribution is -0.118. The lowest BCUT2D eigenvalue weighted by atomic mass is 10.1. The van der Waals surface area contributed by atoms with E-state index in [0.717, 1.165) is 21.9 Å². The fourth-order valence-electron chi connectivity index (χ4n) is 2.96. The first-order chi connectivity index (χ1) is 14.6. The van der Waals surface area contributed by atoms with Gasteiger partial charge in [0.2, 0.25) is 11.8 Å². The van der Waals surface area contributed by atoms with Crippen molar-refractivity contribution >= 4 is 40.0 Å². The third-order valence-corrected chi connectivity index (χ3v) is 5.50. The van der Waals surface area contributed by atoms with Crippen molar-refractivity contribution in [3.05, 3.63) is 71.2 Å². The first kappa shape index (κ1) is 20.3. The second-order valence-electron chi connectivity index (χ2n) is 6.46. The van der Waals surface area contributed by atoms with Gasteiger partial charge in [-0.3, -0.25) is 4.79 Å². The van der Waals surface area contributed by atoms with Crippen LogP contribution in [-0.4, -0.2) is 29.0 Å². The third kappa shape index (κ3) is 4.75. The minimum Gasteiger partial charge on any atom is -0.496 e. The molecule has 4 rings (SSSR count). The average molecular weight is 440 g/mol. The van der Waals surface area contributed by atoms with Gasteiger partial charge < -0.3 is 14.5 Å². The number of hydrogen-bond acceptors (Lipinski definition) is 6. The van der Waals surface area contributed by atoms with E-state index in [-0.39, 0.29) is 11.7 Å². The minimum atomic E-state index is -0.160. The number of benzene rings is 3. The first-order valence-corrected chi connectivity index (χ1v) is 10.5. The highest BCUT2D eigenvalue weighted by Crippen LogP contribution is 2.26. The summed E-state index contributed by atoms with van der Waals surface area (Å²) >= 11 is 7.20. The van der Waals surface area contributed by atoms with Gasteiger partial charge in [-0.2, -0.15) is 0 Å². The molecule has 1 heterocycles. The second kappa shape index (κ2) is 9.19. The zero-order chi connectivity index (χ0) is 20.9. The molecule has 0 atom stereocenters. The molecule has 1 aromatic heterocycles. The Balaban J connectivity index is 1.35. The molecule has 0 spiro atoms. The molecule has 0 unspecified atom stereocenters. The lowest BCUT2D eigenvalue weighted by Gasteiger charge is -2.09. The van der Waals surface area contributed by atoms with Crippen molar-refractivity contribution in [1.29, 1.82) is 0 Å². The maximum Gasteiger partial charge on any atom is 0.277 e. The number of nitrogens with zero attached hydrogens (tertiary/aromatic N) is 2. The molecule has 30 heavy (non-hydrogen) atoms. The molecule has 152 valence electrons. The van der Waals surface area contributed by atoms with Gasteiger partial charge in [-0.15, -0.1) is 10.2 Å². The van der Waals surface area contributed by atoms with Crippen molar-refractivity contribution in [1.82, 2.24) is 15.5 Å². The van der Waals surface area contributed by atoms with Gasteiger partial charge in [-0.1, -0.05) is 53.7 Å². The highest BCUT2D eigenvalue weighted by molar-refractivity contribution is 7.99. The molecule has 0 aliphatic rings. The second-order valence-corrected chi connectivity index (χ2v) is 7.82. The van der Waals surface area contributed by atoms with E-state index < -0.39 is 0 Å². The number of amides is 1. The van der Waals surface area contributed by atoms with Crippen LogP contribution >= 0.6 is 23.4 Å². The number of ether oxygens (including phenoxy) is 1. The van der Waals surface area contributed by atoms with Crippen LogP contribution in [0.3, 0.4) is 0 Å². The monoisotopic (exact) mass is 439 g/mol. The fraction of sp³-hybridized carbons (Fsp3) is 0.136. The van der Waals surface area contributed by atoms with Crippen molar-refractivity contribution in [2.45, 2.75) is 11.8 Å². The van der Waals surface area contributed by atoms with Gasteiger partial charge >= 0.3 is 0 Å². The summed E-state index contributed by atoms with van der Waals surface area (Å²) < 4.78 is 11.0. The minimum absolute atomic E-state index is 0.155. The molecule has 3 aromatic carbocycles. The number of fused-ring (bicyclic) bond motifs is 1. The standard InChI is InChI=1S/C22H18ClN3O3S/c1-28-19-9-8-18(23)11-17(19)12-24-20(27)13-30-22-26-25-21(29-22)16-7-6-14-4-2-3-5-15(14)10-16/h2-11H,12-13H2,1H3,(H,24,27). The molecule has 0 radical (unpaired) electrons. The van der Waals surface area contributed by atoms with Gasteiger partial charge in [0.25, 0.3) is 5.22 Å². The highest BCUT2D eigenvalue weighted by Gasteiger charge is 2.12. The van der Waals surface area contributed by atoms with E-state index in [9.17, 15) is 4.79 Å². The Kier molecular flexibility index (Phi) is 6.21. The van der Waals surface area contributed by atoms with E-state index in [1.807, 2.05) is 42.5 Å². The molecule has 0 saturated heterocycles. The number of aromatic nitrogens is 2. The number of rotatable bonds is 7. The van der Waals surface area contributed by atoms with E-state index >= 15 is 0 Å². The summed E-state index contributed by atoms with van der Waals surface area (Å²) in [5.41, 5.74) is 1.64. The summed E-state index contributed by atoms with van der Waals surface area (Å²) in [5, 5.41) is 14.1. The van der Waals surface area contributed by atoms with Gasteiger partial charge in [0.15, 0.2) is 0 Å². The molecule has 1 amide bonds. The SMILES string of the molecule is COc1ccc(Cl)cc1CNC(=O)CSc1nnc(-c2ccc3ccccc3c2)o1. The Hall–Kier alpha value is -3.03. The summed E-state index contributed by atoms with van der Waals surface area (Å²) in [6.07, 6.45) is 0. The van der Waals surface area contributed by atoms with E-state index in [4.69, 9.17) is 20.8 Å². The summed E-state index contributed by atoms with van der Waals surface area (Å²) in [7, 11) is 1.58. The molecule has 0 aliphatic heterocycles. The maximum atomic E-state index is 12.2. The topological polar surface area (TPSA) is 77.2 Å². The number of thioether (sulfide) groups is 1. The van der Waals surface area contributed by atoms with Crippen LogP contribution < -0.4 is 10.1 Å². The molecule has 0 saturated carbocycles. The van der Waals surface area contributed by atoms with Crippen molar-refractivity contribution in [2.75, 3.05) is 12.9 Å². The molecule has 0 fully saturated rings. The highest BCUT2D eigenvalue weighted by atomic mass is 35.5. The predicted octanol–water partition coefficient (Wildman–Crippen LogP) is 4.96. The normalized spacial score (nSPS) is 10.9. The Morgan fingerprint density at radius 2 is 1.93 bits per heavy atom. The largest absolute Gasteiger partial charge is 0.496 e. The lowest BCUT2D eigenvalue weighted by Crippen LogP contribution is -2.24. The van der Waals surface area contributed by atoms with E-state index in [0.29, 0.717) is 28.4 Å². The zero-order valence-corrected chi connectivity index (χ0v) is 17.7. The van der Waals surface area contributed by atoms with Crippen LogP contribution in [0.2, 0.25) is 5.02 Å². The molecular weight excluding hydrogens is 422 g/mol. The third-order valence-electron chi connectivity index (χ3n) is 4.45. The molecule has 1 N–H and O–H groups in total. The molecular formula is C22H18ClN3O3S. The van der Waals surface area contributed by atoms with Gasteiger partial charge in [0.05, 0.1) is 12.9 Å². The van der Waals surface area contributed by atoms with Crippen LogP contribution in [0.1, 0.15) is 5.56 Å². The Bertz CT molecular complexity index is 1200. The quantitative estimate of drug-likeness (QED) is 0.410. The molecule has 4 aromatic rings. The van der Waals surface area contributed by atoms with Crippen LogP contribution in [-0.2, 0) is 11.3 Å². The van der Waals surface area contributed by atoms with Crippen LogP contribution in [0, 0.1) is 0 Å². The van der Waals surface area contributed by atoms with Crippen LogP contribution in [0.15, 0.2) is 70.3 Å². The summed E-state index contributed by atoms with van der Waals surface area (Å²) in [6.45, 7) is 0.315. The Labute approximate surface area is 182 Å². The predicted molar refractivity (Wildman–Crippen MR) is 118 cm³/mol. The van der Waals surface area contributed by atoms with Gasteiger partial charge in [-0.25, -0.2) is 0 Å². The van der Waals surface area contributed by atoms with Crippen molar-refractivity contribution in [3.63, 3.8) is 0 Å². The summed E-state index contributed by atoms with van der Waals surface area (Å²) in [6, 6.07) is 19.3. The fourth-order valence-corrected chi connectivity index (χ4v) is 3.75. The van der Waals surface area contributed by atoms with Crippen LogP contribution in [0.5, 0.6) is 5.75 Å². The van der Waals surface area contributed by atoms with Gasteiger partial charge in [0, 0.05) is 22.7 Å². The van der Waals surface area contributed by atoms with Crippen molar-refractivity contribution < 1.29 is 13.9 Å². The summed E-state index contributed by atoms with van der Waals surface area (Å²) in [4.78, 5) is 12.2. The average Bonchev–Trinajstić information content (AvgIpc) is 3.25. The molecule has 0 bridgehead atoms. The smallest absolute Gasteiger partial charge is 0.277 e. The number of carbonyl (C=O) groups excluding carboxylic acids is 1. The van der Waals surface area contributed by atoms with Crippen molar-refractivity contribution in [3.8, 4) is 17.2 Å². The van der Waals surface area contributed by atoms with E-state index in [1.165, 1.54) is 11.8 Å². The Morgan fingerprint density at radius 1 is 1.10 bits per heavy atom. The zero-order valence-electron chi connectivity index (χ0n) is 16.1. The van der Waals surface area contributed by atoms with Gasteiger partial charge in [-0.05, 0) is 41.1 Å². The maximum absolute atomic E-state index is 12.2. The van der Waals surface area contributed by atoms with E-state index in [1.54, 1.807) is 25.3 Å². The molecule has 6 nitrogen and oxygen atoms in total. The number of halogens is 1. The number of methoxy groups -OCH3 is 1. The summed E-state index contributed by atoms with van der Waals surface area (Å²) in [5.74, 6) is 1.09.